The summed E-state index contributed by atoms with van der Waals surface area (Å²) in [6, 6.07) is 12.8. The van der Waals surface area contributed by atoms with E-state index in [4.69, 9.17) is 0 Å². The van der Waals surface area contributed by atoms with Crippen molar-refractivity contribution in [3.63, 3.8) is 0 Å². The van der Waals surface area contributed by atoms with Crippen molar-refractivity contribution in [1.29, 1.82) is 0 Å². The molecule has 0 saturated heterocycles. The van der Waals surface area contributed by atoms with E-state index in [1.54, 1.807) is 38.4 Å². The number of fused-ring (bicyclic) bond motifs is 1. The van der Waals surface area contributed by atoms with Gasteiger partial charge in [-0.3, -0.25) is 14.9 Å². The molecule has 1 aromatic heterocycles. The molecule has 2 N–H and O–H groups in total. The smallest absolute Gasteiger partial charge is 0.276 e. The first-order valence-electron chi connectivity index (χ1n) is 8.04. The summed E-state index contributed by atoms with van der Waals surface area (Å²) in [7, 11) is 3.33. The highest BCUT2D eigenvalue weighted by molar-refractivity contribution is 6.03. The van der Waals surface area contributed by atoms with Crippen LogP contribution in [0.4, 0.5) is 5.69 Å². The first-order valence-corrected chi connectivity index (χ1v) is 8.04. The predicted molar refractivity (Wildman–Crippen MR) is 101 cm³/mol. The standard InChI is InChI=1S/C18H17N5O4/c1-22(2)21-15(17(24)11-6-4-3-5-7-11)16-18(25)20-14-10-12(23(26)27)8-9-13(14)19-16/h3-10,17,24H,1-2H3,(H,20,25)/b21-15+/t17-/m1/s1. The van der Waals surface area contributed by atoms with Crippen molar-refractivity contribution in [1.82, 2.24) is 15.0 Å². The predicted octanol–water partition coefficient (Wildman–Crippen LogP) is 1.83. The molecule has 138 valence electrons. The zero-order valence-corrected chi connectivity index (χ0v) is 14.7. The average Bonchev–Trinajstić information content (AvgIpc) is 2.65. The minimum atomic E-state index is -1.17. The lowest BCUT2D eigenvalue weighted by molar-refractivity contribution is -0.384. The van der Waals surface area contributed by atoms with E-state index in [1.165, 1.54) is 23.2 Å². The Morgan fingerprint density at radius 1 is 1.26 bits per heavy atom. The summed E-state index contributed by atoms with van der Waals surface area (Å²) in [6.45, 7) is 0. The summed E-state index contributed by atoms with van der Waals surface area (Å²) in [5, 5.41) is 27.4. The van der Waals surface area contributed by atoms with E-state index in [2.05, 4.69) is 15.1 Å². The van der Waals surface area contributed by atoms with Gasteiger partial charge in [-0.2, -0.15) is 5.10 Å². The summed E-state index contributed by atoms with van der Waals surface area (Å²) in [5.74, 6) is 0. The van der Waals surface area contributed by atoms with E-state index < -0.39 is 16.6 Å². The van der Waals surface area contributed by atoms with Gasteiger partial charge >= 0.3 is 0 Å². The third kappa shape index (κ3) is 3.82. The van der Waals surface area contributed by atoms with Crippen LogP contribution in [0.25, 0.3) is 11.0 Å². The van der Waals surface area contributed by atoms with Gasteiger partial charge in [-0.25, -0.2) is 4.98 Å². The van der Waals surface area contributed by atoms with Gasteiger partial charge in [0, 0.05) is 26.2 Å². The van der Waals surface area contributed by atoms with Gasteiger partial charge in [0.1, 0.15) is 11.8 Å². The van der Waals surface area contributed by atoms with Crippen molar-refractivity contribution < 1.29 is 10.0 Å². The van der Waals surface area contributed by atoms with Crippen LogP contribution in [0.1, 0.15) is 17.4 Å². The Bertz CT molecular complexity index is 1080. The van der Waals surface area contributed by atoms with E-state index in [-0.39, 0.29) is 22.6 Å². The number of aromatic nitrogens is 2. The van der Waals surface area contributed by atoms with E-state index in [9.17, 15) is 20.0 Å². The van der Waals surface area contributed by atoms with Crippen LogP contribution in [0, 0.1) is 10.1 Å². The fraction of sp³-hybridized carbons (Fsp3) is 0.167. The quantitative estimate of drug-likeness (QED) is 0.403. The first kappa shape index (κ1) is 18.2. The second-order valence-electron chi connectivity index (χ2n) is 6.02. The van der Waals surface area contributed by atoms with Gasteiger partial charge in [-0.05, 0) is 11.6 Å². The van der Waals surface area contributed by atoms with Gasteiger partial charge in [-0.15, -0.1) is 0 Å². The van der Waals surface area contributed by atoms with Gasteiger partial charge in [0.25, 0.3) is 11.2 Å². The maximum absolute atomic E-state index is 12.6. The lowest BCUT2D eigenvalue weighted by Gasteiger charge is -2.16. The second kappa shape index (κ2) is 7.34. The number of aliphatic hydroxyl groups is 1. The zero-order chi connectivity index (χ0) is 19.6. The van der Waals surface area contributed by atoms with Crippen LogP contribution < -0.4 is 5.56 Å². The second-order valence-corrected chi connectivity index (χ2v) is 6.02. The van der Waals surface area contributed by atoms with Crippen molar-refractivity contribution in [2.45, 2.75) is 6.10 Å². The molecule has 0 fully saturated rings. The van der Waals surface area contributed by atoms with Crippen molar-refractivity contribution in [2.24, 2.45) is 5.10 Å². The van der Waals surface area contributed by atoms with Crippen LogP contribution in [-0.4, -0.2) is 44.8 Å². The van der Waals surface area contributed by atoms with Crippen LogP contribution in [-0.2, 0) is 0 Å². The monoisotopic (exact) mass is 367 g/mol. The number of nitrogens with zero attached hydrogens (tertiary/aromatic N) is 4. The number of aromatic amines is 1. The third-order valence-corrected chi connectivity index (χ3v) is 3.81. The molecule has 0 bridgehead atoms. The van der Waals surface area contributed by atoms with Crippen LogP contribution in [0.3, 0.4) is 0 Å². The Morgan fingerprint density at radius 3 is 2.59 bits per heavy atom. The molecule has 0 unspecified atom stereocenters. The van der Waals surface area contributed by atoms with Gasteiger partial charge in [0.2, 0.25) is 0 Å². The maximum atomic E-state index is 12.6. The Kier molecular flexibility index (Phi) is 4.95. The number of nitrogens with one attached hydrogen (secondary N) is 1. The van der Waals surface area contributed by atoms with Crippen molar-refractivity contribution >= 4 is 22.4 Å². The summed E-state index contributed by atoms with van der Waals surface area (Å²) in [4.78, 5) is 29.8. The molecular formula is C18H17N5O4. The molecule has 0 aliphatic rings. The number of non-ortho nitro benzene ring substituents is 1. The largest absolute Gasteiger partial charge is 0.382 e. The molecule has 9 heteroatoms. The highest BCUT2D eigenvalue weighted by Crippen LogP contribution is 2.20. The van der Waals surface area contributed by atoms with Gasteiger partial charge in [0.05, 0.1) is 16.0 Å². The Hall–Kier alpha value is -3.59. The fourth-order valence-corrected chi connectivity index (χ4v) is 2.60. The number of rotatable bonds is 5. The molecule has 9 nitrogen and oxygen atoms in total. The number of benzene rings is 2. The number of hydrogen-bond acceptors (Lipinski definition) is 7. The number of hydrazone groups is 1. The lowest BCUT2D eigenvalue weighted by Crippen LogP contribution is -2.27. The van der Waals surface area contributed by atoms with Crippen LogP contribution in [0.5, 0.6) is 0 Å². The van der Waals surface area contributed by atoms with Crippen LogP contribution in [0.15, 0.2) is 58.4 Å². The molecule has 3 rings (SSSR count). The van der Waals surface area contributed by atoms with Gasteiger partial charge in [-0.1, -0.05) is 30.3 Å². The number of aliphatic hydroxyl groups excluding tert-OH is 1. The van der Waals surface area contributed by atoms with Crippen LogP contribution >= 0.6 is 0 Å². The minimum Gasteiger partial charge on any atom is -0.382 e. The molecule has 1 atom stereocenters. The molecule has 0 aliphatic carbocycles. The van der Waals surface area contributed by atoms with Crippen molar-refractivity contribution in [3.8, 4) is 0 Å². The van der Waals surface area contributed by atoms with Crippen LogP contribution in [0.2, 0.25) is 0 Å². The first-order chi connectivity index (χ1) is 12.9. The molecule has 0 spiro atoms. The Morgan fingerprint density at radius 2 is 1.96 bits per heavy atom. The topological polar surface area (TPSA) is 125 Å². The van der Waals surface area contributed by atoms with E-state index in [0.717, 1.165) is 0 Å². The molecule has 2 aromatic carbocycles. The number of hydrogen-bond donors (Lipinski definition) is 2. The fourth-order valence-electron chi connectivity index (χ4n) is 2.60. The SMILES string of the molecule is CN(C)/N=C(\c1nc2ccc([N+](=O)[O-])cc2[nH]c1=O)[C@H](O)c1ccccc1. The molecule has 0 saturated carbocycles. The van der Waals surface area contributed by atoms with Gasteiger partial charge < -0.3 is 15.1 Å². The minimum absolute atomic E-state index is 0.0543. The normalized spacial score (nSPS) is 12.8. The van der Waals surface area contributed by atoms with Gasteiger partial charge in [0.15, 0.2) is 5.69 Å². The Labute approximate surface area is 153 Å². The summed E-state index contributed by atoms with van der Waals surface area (Å²) >= 11 is 0. The number of H-pyrrole nitrogens is 1. The highest BCUT2D eigenvalue weighted by atomic mass is 16.6. The summed E-state index contributed by atoms with van der Waals surface area (Å²) < 4.78 is 0. The van der Waals surface area contributed by atoms with Crippen molar-refractivity contribution in [2.75, 3.05) is 14.1 Å². The van der Waals surface area contributed by atoms with Crippen molar-refractivity contribution in [3.05, 3.63) is 80.3 Å². The molecular weight excluding hydrogens is 350 g/mol. The van der Waals surface area contributed by atoms with E-state index >= 15 is 0 Å². The zero-order valence-electron chi connectivity index (χ0n) is 14.7. The summed E-state index contributed by atoms with van der Waals surface area (Å²) in [6.07, 6.45) is -1.17. The average molecular weight is 367 g/mol. The number of nitro benzene ring substituents is 1. The molecule has 0 amide bonds. The molecule has 0 radical (unpaired) electrons. The lowest BCUT2D eigenvalue weighted by atomic mass is 10.0. The highest BCUT2D eigenvalue weighted by Gasteiger charge is 2.23. The molecule has 27 heavy (non-hydrogen) atoms. The van der Waals surface area contributed by atoms with E-state index in [0.29, 0.717) is 11.1 Å². The Balaban J connectivity index is 2.16. The summed E-state index contributed by atoms with van der Waals surface area (Å²) in [5.41, 5.74) is 0.410. The number of nitro groups is 1. The molecule has 3 aromatic rings. The molecule has 1 heterocycles. The maximum Gasteiger partial charge on any atom is 0.276 e. The molecule has 0 aliphatic heterocycles. The third-order valence-electron chi connectivity index (χ3n) is 3.81. The van der Waals surface area contributed by atoms with E-state index in [1.807, 2.05) is 6.07 Å².